The van der Waals surface area contributed by atoms with Crippen LogP contribution in [0.1, 0.15) is 80.5 Å². The lowest BCUT2D eigenvalue weighted by Gasteiger charge is -2.40. The second-order valence-corrected chi connectivity index (χ2v) is 21.8. The Morgan fingerprint density at radius 1 is 1.00 bits per heavy atom. The van der Waals surface area contributed by atoms with Crippen molar-refractivity contribution in [2.24, 2.45) is 5.73 Å². The number of rotatable bonds is 15. The molecule has 0 radical (unpaired) electrons. The minimum Gasteiger partial charge on any atom is -0.490 e. The first kappa shape index (κ1) is 40.9. The van der Waals surface area contributed by atoms with Gasteiger partial charge in [0.15, 0.2) is 8.32 Å². The lowest BCUT2D eigenvalue weighted by atomic mass is 9.97. The molecule has 0 bridgehead atoms. The van der Waals surface area contributed by atoms with Crippen LogP contribution < -0.4 is 15.2 Å². The Labute approximate surface area is 313 Å². The number of halogens is 1. The molecule has 1 atom stereocenters. The van der Waals surface area contributed by atoms with Crippen LogP contribution in [0.4, 0.5) is 4.79 Å². The summed E-state index contributed by atoms with van der Waals surface area (Å²) < 4.78 is 39.5. The topological polar surface area (TPSA) is 165 Å². The number of carboxylic acid groups (broad SMARTS) is 1. The average Bonchev–Trinajstić information content (AvgIpc) is 3.05. The third kappa shape index (κ3) is 11.5. The van der Waals surface area contributed by atoms with Crippen LogP contribution in [-0.2, 0) is 25.7 Å². The van der Waals surface area contributed by atoms with Crippen molar-refractivity contribution < 1.29 is 37.1 Å². The van der Waals surface area contributed by atoms with Gasteiger partial charge in [0.1, 0.15) is 11.5 Å². The van der Waals surface area contributed by atoms with Crippen molar-refractivity contribution >= 4 is 47.8 Å². The van der Waals surface area contributed by atoms with Gasteiger partial charge in [0.2, 0.25) is 15.9 Å². The van der Waals surface area contributed by atoms with Gasteiger partial charge in [-0.3, -0.25) is 9.59 Å². The Morgan fingerprint density at radius 2 is 1.65 bits per heavy atom. The van der Waals surface area contributed by atoms with Gasteiger partial charge in [-0.2, -0.15) is 0 Å². The summed E-state index contributed by atoms with van der Waals surface area (Å²) >= 11 is 6.32. The SMILES string of the molecule is CC(C)(C)[Si](C)(C)O[C@@H](CN(CCc1ccc(-c2ccc(C(=O)NS(=O)(=O)CC(N)=O)c(OC3CCCCC3)c2)cc1)C(=O)O)c1cccc(Cl)c1. The van der Waals surface area contributed by atoms with Crippen LogP contribution in [0.2, 0.25) is 23.2 Å². The van der Waals surface area contributed by atoms with Gasteiger partial charge in [-0.25, -0.2) is 17.9 Å². The van der Waals surface area contributed by atoms with E-state index in [1.54, 1.807) is 18.2 Å². The van der Waals surface area contributed by atoms with E-state index in [9.17, 15) is 27.9 Å². The third-order valence-corrected chi connectivity index (χ3v) is 15.6. The lowest BCUT2D eigenvalue weighted by Crippen LogP contribution is -2.45. The Morgan fingerprint density at radius 3 is 2.25 bits per heavy atom. The van der Waals surface area contributed by atoms with E-state index in [0.717, 1.165) is 54.4 Å². The van der Waals surface area contributed by atoms with Gasteiger partial charge in [-0.15, -0.1) is 0 Å². The van der Waals surface area contributed by atoms with Gasteiger partial charge in [-0.1, -0.05) is 81.3 Å². The maximum atomic E-state index is 13.1. The average molecular weight is 772 g/mol. The van der Waals surface area contributed by atoms with Gasteiger partial charge in [-0.05, 0) is 96.8 Å². The number of amides is 3. The molecule has 1 aliphatic carbocycles. The van der Waals surface area contributed by atoms with Crippen molar-refractivity contribution in [1.82, 2.24) is 9.62 Å². The molecule has 1 saturated carbocycles. The molecule has 0 aromatic heterocycles. The van der Waals surface area contributed by atoms with E-state index in [1.165, 1.54) is 11.0 Å². The van der Waals surface area contributed by atoms with Crippen LogP contribution in [0.15, 0.2) is 66.7 Å². The maximum absolute atomic E-state index is 13.1. The van der Waals surface area contributed by atoms with Gasteiger partial charge in [0, 0.05) is 11.6 Å². The van der Waals surface area contributed by atoms with E-state index in [-0.39, 0.29) is 35.5 Å². The molecular formula is C38H50ClN3O8SSi. The predicted octanol–water partition coefficient (Wildman–Crippen LogP) is 7.55. The fraction of sp³-hybridized carbons (Fsp3) is 0.447. The Hall–Kier alpha value is -3.91. The highest BCUT2D eigenvalue weighted by atomic mass is 35.5. The molecule has 4 N–H and O–H groups in total. The zero-order chi connectivity index (χ0) is 38.3. The number of ether oxygens (including phenoxy) is 1. The van der Waals surface area contributed by atoms with Gasteiger partial charge < -0.3 is 24.9 Å². The molecule has 4 rings (SSSR count). The van der Waals surface area contributed by atoms with Crippen LogP contribution in [0.5, 0.6) is 5.75 Å². The van der Waals surface area contributed by atoms with Crippen molar-refractivity contribution in [3.05, 3.63) is 88.4 Å². The highest BCUT2D eigenvalue weighted by molar-refractivity contribution is 7.90. The Kier molecular flexibility index (Phi) is 13.6. The predicted molar refractivity (Wildman–Crippen MR) is 206 cm³/mol. The first-order chi connectivity index (χ1) is 24.3. The highest BCUT2D eigenvalue weighted by Gasteiger charge is 2.40. The van der Waals surface area contributed by atoms with Crippen LogP contribution in [0.3, 0.4) is 0 Å². The number of nitrogens with two attached hydrogens (primary N) is 1. The molecule has 1 aliphatic rings. The standard InChI is InChI=1S/C38H50ClN3O8SSi/c1-38(2,3)52(4,5)50-34(29-10-9-11-30(39)22-29)24-42(37(45)46)21-20-26-14-16-27(17-15-26)28-18-19-32(36(44)41-51(47,48)25-35(40)43)33(23-28)49-31-12-7-6-8-13-31/h9-11,14-19,22-23,31,34H,6-8,12-13,20-21,24-25H2,1-5H3,(H2,40,43)(H,41,44)(H,45,46)/t34-/m0/s1. The molecule has 52 heavy (non-hydrogen) atoms. The maximum Gasteiger partial charge on any atom is 0.407 e. The van der Waals surface area contributed by atoms with Crippen LogP contribution in [0.25, 0.3) is 11.1 Å². The highest BCUT2D eigenvalue weighted by Crippen LogP contribution is 2.40. The number of carbonyl (C=O) groups excluding carboxylic acids is 2. The number of nitrogens with one attached hydrogen (secondary N) is 1. The van der Waals surface area contributed by atoms with Crippen molar-refractivity contribution in [1.29, 1.82) is 0 Å². The molecule has 0 heterocycles. The van der Waals surface area contributed by atoms with Crippen LogP contribution in [0, 0.1) is 0 Å². The molecule has 14 heteroatoms. The summed E-state index contributed by atoms with van der Waals surface area (Å²) in [5.41, 5.74) is 8.39. The molecule has 3 aromatic rings. The number of carbonyl (C=O) groups is 3. The Bertz CT molecular complexity index is 1840. The summed E-state index contributed by atoms with van der Waals surface area (Å²) in [4.78, 5) is 38.1. The largest absolute Gasteiger partial charge is 0.490 e. The number of hydrogen-bond donors (Lipinski definition) is 3. The fourth-order valence-electron chi connectivity index (χ4n) is 5.81. The second kappa shape index (κ2) is 17.3. The van der Waals surface area contributed by atoms with E-state index in [4.69, 9.17) is 26.5 Å². The monoisotopic (exact) mass is 771 g/mol. The van der Waals surface area contributed by atoms with E-state index in [0.29, 0.717) is 11.4 Å². The second-order valence-electron chi connectivity index (χ2n) is 14.8. The lowest BCUT2D eigenvalue weighted by molar-refractivity contribution is -0.115. The number of nitrogens with zero attached hydrogens (tertiary/aromatic N) is 1. The van der Waals surface area contributed by atoms with Crippen LogP contribution in [-0.4, -0.2) is 69.6 Å². The molecule has 11 nitrogen and oxygen atoms in total. The van der Waals surface area contributed by atoms with E-state index < -0.39 is 48.1 Å². The van der Waals surface area contributed by atoms with Gasteiger partial charge in [0.25, 0.3) is 5.91 Å². The zero-order valence-electron chi connectivity index (χ0n) is 30.5. The number of primary amides is 1. The van der Waals surface area contributed by atoms with Crippen molar-refractivity contribution in [2.75, 3.05) is 18.8 Å². The molecule has 0 unspecified atom stereocenters. The minimum absolute atomic E-state index is 0.0290. The minimum atomic E-state index is -4.28. The van der Waals surface area contributed by atoms with Crippen molar-refractivity contribution in [2.45, 2.75) is 89.6 Å². The summed E-state index contributed by atoms with van der Waals surface area (Å²) in [7, 11) is -6.56. The Balaban J connectivity index is 1.52. The molecule has 0 saturated heterocycles. The van der Waals surface area contributed by atoms with Crippen molar-refractivity contribution in [3.63, 3.8) is 0 Å². The van der Waals surface area contributed by atoms with E-state index in [2.05, 4.69) is 33.9 Å². The molecule has 0 aliphatic heterocycles. The normalized spacial score (nSPS) is 14.7. The van der Waals surface area contributed by atoms with E-state index >= 15 is 0 Å². The summed E-state index contributed by atoms with van der Waals surface area (Å²) in [5, 5.41) is 10.7. The number of sulfonamides is 1. The van der Waals surface area contributed by atoms with E-state index in [1.807, 2.05) is 47.2 Å². The summed E-state index contributed by atoms with van der Waals surface area (Å²) in [6.07, 6.45) is 3.52. The molecule has 3 amide bonds. The van der Waals surface area contributed by atoms with Crippen molar-refractivity contribution in [3.8, 4) is 16.9 Å². The molecule has 0 spiro atoms. The summed E-state index contributed by atoms with van der Waals surface area (Å²) in [6.45, 7) is 11.1. The quantitative estimate of drug-likeness (QED) is 0.133. The number of hydrogen-bond acceptors (Lipinski definition) is 7. The zero-order valence-corrected chi connectivity index (χ0v) is 33.1. The molecule has 1 fully saturated rings. The molecular weight excluding hydrogens is 722 g/mol. The molecule has 3 aromatic carbocycles. The summed E-state index contributed by atoms with van der Waals surface area (Å²) in [6, 6.07) is 20.0. The summed E-state index contributed by atoms with van der Waals surface area (Å²) in [5.74, 6) is -2.76. The number of benzene rings is 3. The first-order valence-corrected chi connectivity index (χ1v) is 22.4. The fourth-order valence-corrected chi connectivity index (χ4v) is 8.13. The first-order valence-electron chi connectivity index (χ1n) is 17.5. The third-order valence-electron chi connectivity index (χ3n) is 9.73. The van der Waals surface area contributed by atoms with Gasteiger partial charge in [0.05, 0.1) is 24.3 Å². The van der Waals surface area contributed by atoms with Crippen LogP contribution >= 0.6 is 11.6 Å². The van der Waals surface area contributed by atoms with Gasteiger partial charge >= 0.3 is 6.09 Å². The molecule has 282 valence electrons. The smallest absolute Gasteiger partial charge is 0.407 e.